The Hall–Kier alpha value is -3.31. The maximum Gasteiger partial charge on any atom is 0.307 e. The van der Waals surface area contributed by atoms with Gasteiger partial charge in [-0.3, -0.25) is 9.59 Å². The summed E-state index contributed by atoms with van der Waals surface area (Å²) >= 11 is 6.06. The van der Waals surface area contributed by atoms with Crippen LogP contribution in [-0.4, -0.2) is 32.1 Å². The Morgan fingerprint density at radius 3 is 2.18 bits per heavy atom. The first-order chi connectivity index (χ1) is 18.1. The number of hydrogen-bond acceptors (Lipinski definition) is 4. The first-order valence-electron chi connectivity index (χ1n) is 13.0. The molecule has 0 aliphatic heterocycles. The molecule has 3 aromatic carbocycles. The fraction of sp³-hybridized carbons (Fsp3) is 0.375. The van der Waals surface area contributed by atoms with E-state index in [0.29, 0.717) is 12.2 Å². The number of ether oxygens (including phenoxy) is 2. The fourth-order valence-electron chi connectivity index (χ4n) is 4.51. The van der Waals surface area contributed by atoms with E-state index >= 15 is 0 Å². The van der Waals surface area contributed by atoms with Crippen LogP contribution in [0.3, 0.4) is 0 Å². The fourth-order valence-corrected chi connectivity index (χ4v) is 4.63. The Balaban J connectivity index is 1.47. The molecule has 0 atom stereocenters. The van der Waals surface area contributed by atoms with Crippen LogP contribution in [0.4, 0.5) is 0 Å². The van der Waals surface area contributed by atoms with Crippen molar-refractivity contribution in [2.75, 3.05) is 20.3 Å². The van der Waals surface area contributed by atoms with Gasteiger partial charge in [0.2, 0.25) is 0 Å². The number of esters is 1. The van der Waals surface area contributed by atoms with E-state index in [2.05, 4.69) is 62.0 Å². The molecule has 3 rings (SSSR count). The summed E-state index contributed by atoms with van der Waals surface area (Å²) in [6.45, 7) is 9.60. The second-order valence-electron chi connectivity index (χ2n) is 10.5. The van der Waals surface area contributed by atoms with Gasteiger partial charge in [0.15, 0.2) is 0 Å². The topological polar surface area (TPSA) is 64.6 Å². The predicted octanol–water partition coefficient (Wildman–Crippen LogP) is 7.34. The van der Waals surface area contributed by atoms with Gasteiger partial charge in [-0.05, 0) is 103 Å². The highest BCUT2D eigenvalue weighted by molar-refractivity contribution is 6.30. The van der Waals surface area contributed by atoms with Crippen LogP contribution in [0, 0.1) is 19.3 Å². The lowest BCUT2D eigenvalue weighted by Crippen LogP contribution is -2.26. The first kappa shape index (κ1) is 29.2. The molecule has 0 radical (unpaired) electrons. The van der Waals surface area contributed by atoms with Gasteiger partial charge in [-0.1, -0.05) is 49.7 Å². The molecule has 5 nitrogen and oxygen atoms in total. The van der Waals surface area contributed by atoms with Crippen LogP contribution < -0.4 is 10.1 Å². The summed E-state index contributed by atoms with van der Waals surface area (Å²) in [5, 5.41) is 3.47. The minimum Gasteiger partial charge on any atom is -0.493 e. The van der Waals surface area contributed by atoms with Gasteiger partial charge in [-0.2, -0.15) is 0 Å². The number of benzene rings is 3. The molecule has 6 heteroatoms. The van der Waals surface area contributed by atoms with E-state index in [1.807, 2.05) is 36.4 Å². The van der Waals surface area contributed by atoms with Crippen molar-refractivity contribution in [3.63, 3.8) is 0 Å². The molecule has 1 N–H and O–H groups in total. The lowest BCUT2D eigenvalue weighted by molar-refractivity contribution is -0.140. The Morgan fingerprint density at radius 1 is 0.947 bits per heavy atom. The largest absolute Gasteiger partial charge is 0.493 e. The highest BCUT2D eigenvalue weighted by Gasteiger charge is 2.19. The molecule has 0 spiro atoms. The number of rotatable bonds is 12. The first-order valence-corrected chi connectivity index (χ1v) is 13.4. The summed E-state index contributed by atoms with van der Waals surface area (Å²) in [5.74, 6) is 0.364. The maximum atomic E-state index is 12.2. The van der Waals surface area contributed by atoms with Crippen molar-refractivity contribution in [1.82, 2.24) is 5.32 Å². The van der Waals surface area contributed by atoms with Crippen LogP contribution in [0.1, 0.15) is 60.2 Å². The summed E-state index contributed by atoms with van der Waals surface area (Å²) in [6.07, 6.45) is 3.13. The monoisotopic (exact) mass is 535 g/mol. The van der Waals surface area contributed by atoms with Gasteiger partial charge in [-0.15, -0.1) is 0 Å². The Bertz CT molecular complexity index is 1210. The number of amides is 1. The Labute approximate surface area is 231 Å². The smallest absolute Gasteiger partial charge is 0.307 e. The van der Waals surface area contributed by atoms with E-state index in [-0.39, 0.29) is 30.3 Å². The van der Waals surface area contributed by atoms with E-state index in [1.165, 1.54) is 29.4 Å². The van der Waals surface area contributed by atoms with Gasteiger partial charge in [0, 0.05) is 17.1 Å². The van der Waals surface area contributed by atoms with Crippen molar-refractivity contribution >= 4 is 23.5 Å². The zero-order valence-electron chi connectivity index (χ0n) is 23.0. The van der Waals surface area contributed by atoms with E-state index in [4.69, 9.17) is 16.3 Å². The van der Waals surface area contributed by atoms with Crippen LogP contribution in [-0.2, 0) is 16.0 Å². The molecular formula is C32H38ClNO4. The number of methoxy groups -OCH3 is 1. The summed E-state index contributed by atoms with van der Waals surface area (Å²) < 4.78 is 10.8. The van der Waals surface area contributed by atoms with Crippen molar-refractivity contribution < 1.29 is 19.1 Å². The zero-order valence-corrected chi connectivity index (χ0v) is 23.8. The lowest BCUT2D eigenvalue weighted by atomic mass is 9.87. The molecule has 0 saturated heterocycles. The van der Waals surface area contributed by atoms with Gasteiger partial charge in [-0.25, -0.2) is 0 Å². The SMILES string of the molecule is COC(=O)CCNC(=O)c1ccc(CCCC(C)(C)COc2cc(C)c(-c3ccc(Cl)cc3)c(C)c2)cc1. The van der Waals surface area contributed by atoms with Crippen LogP contribution in [0.15, 0.2) is 60.7 Å². The maximum absolute atomic E-state index is 12.2. The molecule has 0 aliphatic carbocycles. The third kappa shape index (κ3) is 8.63. The number of carbonyl (C=O) groups excluding carboxylic acids is 2. The number of nitrogens with one attached hydrogen (secondary N) is 1. The summed E-state index contributed by atoms with van der Waals surface area (Å²) in [5.41, 5.74) is 6.54. The second-order valence-corrected chi connectivity index (χ2v) is 11.0. The molecule has 1 amide bonds. The predicted molar refractivity (Wildman–Crippen MR) is 154 cm³/mol. The molecule has 202 valence electrons. The quantitative estimate of drug-likeness (QED) is 0.246. The highest BCUT2D eigenvalue weighted by Crippen LogP contribution is 2.33. The van der Waals surface area contributed by atoms with Gasteiger partial charge < -0.3 is 14.8 Å². The van der Waals surface area contributed by atoms with E-state index < -0.39 is 0 Å². The lowest BCUT2D eigenvalue weighted by Gasteiger charge is -2.25. The molecule has 3 aromatic rings. The normalized spacial score (nSPS) is 11.2. The minimum absolute atomic E-state index is 0.0239. The van der Waals surface area contributed by atoms with Crippen molar-refractivity contribution in [1.29, 1.82) is 0 Å². The summed E-state index contributed by atoms with van der Waals surface area (Å²) in [7, 11) is 1.33. The third-order valence-electron chi connectivity index (χ3n) is 6.65. The van der Waals surface area contributed by atoms with Gasteiger partial charge in [0.25, 0.3) is 5.91 Å². The van der Waals surface area contributed by atoms with E-state index in [9.17, 15) is 9.59 Å². The van der Waals surface area contributed by atoms with Crippen molar-refractivity contribution in [3.05, 3.63) is 87.9 Å². The molecule has 0 aliphatic rings. The standard InChI is InChI=1S/C32H38ClNO4/c1-22-19-28(20-23(2)30(22)25-12-14-27(33)15-13-25)38-21-32(3,4)17-6-7-24-8-10-26(11-9-24)31(36)34-18-16-29(35)37-5/h8-15,19-20H,6-7,16-18,21H2,1-5H3,(H,34,36). The Morgan fingerprint density at radius 2 is 1.58 bits per heavy atom. The van der Waals surface area contributed by atoms with Crippen molar-refractivity contribution in [2.45, 2.75) is 53.4 Å². The number of aryl methyl sites for hydroxylation is 3. The number of hydrogen-bond donors (Lipinski definition) is 1. The van der Waals surface area contributed by atoms with Crippen LogP contribution in [0.2, 0.25) is 5.02 Å². The van der Waals surface area contributed by atoms with Crippen molar-refractivity contribution in [3.8, 4) is 16.9 Å². The Kier molecular flexibility index (Phi) is 10.4. The average Bonchev–Trinajstić information content (AvgIpc) is 2.88. The summed E-state index contributed by atoms with van der Waals surface area (Å²) in [4.78, 5) is 23.4. The van der Waals surface area contributed by atoms with Crippen LogP contribution >= 0.6 is 11.6 Å². The average molecular weight is 536 g/mol. The zero-order chi connectivity index (χ0) is 27.7. The highest BCUT2D eigenvalue weighted by atomic mass is 35.5. The second kappa shape index (κ2) is 13.5. The molecule has 0 fully saturated rings. The molecule has 38 heavy (non-hydrogen) atoms. The van der Waals surface area contributed by atoms with E-state index in [1.54, 1.807) is 0 Å². The van der Waals surface area contributed by atoms with Crippen LogP contribution in [0.25, 0.3) is 11.1 Å². The van der Waals surface area contributed by atoms with Gasteiger partial charge in [0.1, 0.15) is 5.75 Å². The number of halogens is 1. The number of carbonyl (C=O) groups is 2. The van der Waals surface area contributed by atoms with Crippen LogP contribution in [0.5, 0.6) is 5.75 Å². The molecular weight excluding hydrogens is 498 g/mol. The molecule has 0 bridgehead atoms. The van der Waals surface area contributed by atoms with Gasteiger partial charge in [0.05, 0.1) is 20.1 Å². The summed E-state index contributed by atoms with van der Waals surface area (Å²) in [6, 6.07) is 19.8. The molecule has 0 heterocycles. The van der Waals surface area contributed by atoms with Crippen molar-refractivity contribution in [2.24, 2.45) is 5.41 Å². The van der Waals surface area contributed by atoms with Gasteiger partial charge >= 0.3 is 5.97 Å². The third-order valence-corrected chi connectivity index (χ3v) is 6.90. The minimum atomic E-state index is -0.341. The molecule has 0 unspecified atom stereocenters. The van der Waals surface area contributed by atoms with E-state index in [0.717, 1.165) is 35.6 Å². The molecule has 0 saturated carbocycles. The molecule has 0 aromatic heterocycles.